The number of fused-ring (bicyclic) bond motifs is 1. The van der Waals surface area contributed by atoms with E-state index in [1.54, 1.807) is 42.3 Å². The molecule has 2 aromatic carbocycles. The van der Waals surface area contributed by atoms with Crippen molar-refractivity contribution in [3.63, 3.8) is 0 Å². The van der Waals surface area contributed by atoms with Crippen molar-refractivity contribution >= 4 is 44.3 Å². The molecule has 3 aromatic rings. The highest BCUT2D eigenvalue weighted by atomic mass is 35.5. The van der Waals surface area contributed by atoms with Gasteiger partial charge in [0, 0.05) is 54.2 Å². The van der Waals surface area contributed by atoms with Gasteiger partial charge in [-0.05, 0) is 29.8 Å². The van der Waals surface area contributed by atoms with E-state index in [0.29, 0.717) is 28.0 Å². The smallest absolute Gasteiger partial charge is 0.259 e. The average Bonchev–Trinajstić information content (AvgIpc) is 3.24. The molecule has 1 aliphatic heterocycles. The number of H-pyrrole nitrogens is 1. The molecule has 8 nitrogen and oxygen atoms in total. The number of aromatic nitrogens is 1. The number of nitrogens with zero attached hydrogens (tertiary/aromatic N) is 3. The molecule has 0 unspecified atom stereocenters. The lowest BCUT2D eigenvalue weighted by Crippen LogP contribution is -2.51. The van der Waals surface area contributed by atoms with Gasteiger partial charge < -0.3 is 9.88 Å². The molecule has 1 amide bonds. The number of rotatable bonds is 5. The number of nitrogens with one attached hydrogen (secondary N) is 2. The normalized spacial score (nSPS) is 14.9. The predicted molar refractivity (Wildman–Crippen MR) is 127 cm³/mol. The van der Waals surface area contributed by atoms with Crippen LogP contribution in [0, 0.1) is 17.9 Å². The molecule has 0 saturated carbocycles. The van der Waals surface area contributed by atoms with Gasteiger partial charge in [0.2, 0.25) is 5.91 Å². The largest absolute Gasteiger partial charge is 0.345 e. The van der Waals surface area contributed by atoms with Crippen molar-refractivity contribution in [3.05, 3.63) is 64.7 Å². The molecule has 0 bridgehead atoms. The maximum atomic E-state index is 13.1. The van der Waals surface area contributed by atoms with Crippen molar-refractivity contribution < 1.29 is 13.2 Å². The molecular formula is C23H22ClN5O3S. The third kappa shape index (κ3) is 4.59. The van der Waals surface area contributed by atoms with E-state index in [4.69, 9.17) is 23.4 Å². The van der Waals surface area contributed by atoms with Gasteiger partial charge in [-0.15, -0.1) is 0 Å². The second-order valence-electron chi connectivity index (χ2n) is 7.75. The fourth-order valence-electron chi connectivity index (χ4n) is 3.66. The summed E-state index contributed by atoms with van der Waals surface area (Å²) in [5, 5.41) is 9.28. The van der Waals surface area contributed by atoms with Crippen molar-refractivity contribution in [1.29, 1.82) is 5.41 Å². The van der Waals surface area contributed by atoms with E-state index < -0.39 is 10.0 Å². The Labute approximate surface area is 197 Å². The van der Waals surface area contributed by atoms with Gasteiger partial charge in [-0.2, -0.15) is 4.31 Å². The molecule has 4 rings (SSSR count). The summed E-state index contributed by atoms with van der Waals surface area (Å²) in [5.41, 5.74) is 2.21. The van der Waals surface area contributed by atoms with Crippen molar-refractivity contribution in [2.24, 2.45) is 0 Å². The number of halogens is 1. The van der Waals surface area contributed by atoms with Gasteiger partial charge in [-0.1, -0.05) is 42.3 Å². The van der Waals surface area contributed by atoms with Crippen LogP contribution in [0.4, 0.5) is 0 Å². The number of hydrogen-bond donors (Lipinski definition) is 2. The Kier molecular flexibility index (Phi) is 6.17. The van der Waals surface area contributed by atoms with Crippen LogP contribution in [0.3, 0.4) is 0 Å². The van der Waals surface area contributed by atoms with Gasteiger partial charge in [-0.3, -0.25) is 15.1 Å². The number of aromatic amines is 1. The lowest BCUT2D eigenvalue weighted by atomic mass is 10.1. The van der Waals surface area contributed by atoms with Crippen LogP contribution in [-0.2, 0) is 21.4 Å². The molecule has 10 heteroatoms. The van der Waals surface area contributed by atoms with Crippen LogP contribution in [0.2, 0.25) is 5.02 Å². The molecule has 33 heavy (non-hydrogen) atoms. The summed E-state index contributed by atoms with van der Waals surface area (Å²) >= 11 is 5.99. The minimum absolute atomic E-state index is 0.0380. The number of piperazine rings is 1. The van der Waals surface area contributed by atoms with Crippen LogP contribution in [0.5, 0.6) is 0 Å². The van der Waals surface area contributed by atoms with Crippen LogP contribution >= 0.6 is 11.6 Å². The quantitative estimate of drug-likeness (QED) is 0.252. The number of terminal acetylenes is 1. The zero-order valence-corrected chi connectivity index (χ0v) is 19.4. The van der Waals surface area contributed by atoms with Crippen LogP contribution < -0.4 is 0 Å². The van der Waals surface area contributed by atoms with Gasteiger partial charge in [0.1, 0.15) is 10.9 Å². The van der Waals surface area contributed by atoms with Crippen molar-refractivity contribution in [3.8, 4) is 12.5 Å². The van der Waals surface area contributed by atoms with Gasteiger partial charge >= 0.3 is 0 Å². The van der Waals surface area contributed by atoms with Crippen molar-refractivity contribution in [2.75, 3.05) is 26.7 Å². The SMILES string of the molecule is C#CN(C)C(=N)c1ccc(CN2CCN(S(=O)(=O)c3cc4cc(Cl)ccc4[nH]3)CC2=O)cc1. The Morgan fingerprint density at radius 2 is 1.94 bits per heavy atom. The second kappa shape index (κ2) is 8.90. The highest BCUT2D eigenvalue weighted by Crippen LogP contribution is 2.25. The maximum absolute atomic E-state index is 13.1. The standard InChI is InChI=1S/C23H22ClN5O3S/c1-3-27(2)23(25)17-6-4-16(5-7-17)14-28-10-11-29(15-22(28)30)33(31,32)21-13-18-12-19(24)8-9-20(18)26-21/h1,4-9,12-13,25-26H,10-11,14-15H2,2H3. The van der Waals surface area contributed by atoms with E-state index in [1.807, 2.05) is 12.1 Å². The molecule has 1 fully saturated rings. The molecule has 0 aliphatic carbocycles. The zero-order valence-electron chi connectivity index (χ0n) is 17.9. The minimum Gasteiger partial charge on any atom is -0.345 e. The summed E-state index contributed by atoms with van der Waals surface area (Å²) in [4.78, 5) is 18.6. The number of amides is 1. The molecule has 2 N–H and O–H groups in total. The lowest BCUT2D eigenvalue weighted by Gasteiger charge is -2.33. The first-order valence-electron chi connectivity index (χ1n) is 10.1. The Morgan fingerprint density at radius 3 is 2.61 bits per heavy atom. The topological polar surface area (TPSA) is 101 Å². The van der Waals surface area contributed by atoms with Gasteiger partial charge in [0.25, 0.3) is 10.0 Å². The molecule has 0 spiro atoms. The summed E-state index contributed by atoms with van der Waals surface area (Å²) in [6, 6.07) is 16.2. The Balaban J connectivity index is 1.43. The summed E-state index contributed by atoms with van der Waals surface area (Å²) in [6.45, 7) is 0.603. The first-order chi connectivity index (χ1) is 15.7. The third-order valence-corrected chi connectivity index (χ3v) is 7.59. The molecule has 170 valence electrons. The minimum atomic E-state index is -3.85. The highest BCUT2D eigenvalue weighted by molar-refractivity contribution is 7.89. The molecule has 0 radical (unpaired) electrons. The fourth-order valence-corrected chi connectivity index (χ4v) is 5.24. The molecular weight excluding hydrogens is 462 g/mol. The second-order valence-corrected chi connectivity index (χ2v) is 10.1. The molecule has 1 aliphatic rings. The summed E-state index contributed by atoms with van der Waals surface area (Å²) < 4.78 is 27.4. The van der Waals surface area contributed by atoms with E-state index in [2.05, 4.69) is 11.0 Å². The third-order valence-electron chi connectivity index (χ3n) is 5.59. The predicted octanol–water partition coefficient (Wildman–Crippen LogP) is 2.70. The monoisotopic (exact) mass is 483 g/mol. The number of carbonyl (C=O) groups excluding carboxylic acids is 1. The number of carbonyl (C=O) groups is 1. The summed E-state index contributed by atoms with van der Waals surface area (Å²) in [6.07, 6.45) is 5.32. The summed E-state index contributed by atoms with van der Waals surface area (Å²) in [5.74, 6) is -0.0638. The average molecular weight is 484 g/mol. The van der Waals surface area contributed by atoms with Gasteiger partial charge in [0.05, 0.1) is 6.54 Å². The Hall–Kier alpha value is -3.32. The van der Waals surface area contributed by atoms with Gasteiger partial charge in [-0.25, -0.2) is 8.42 Å². The highest BCUT2D eigenvalue weighted by Gasteiger charge is 2.33. The van der Waals surface area contributed by atoms with E-state index >= 15 is 0 Å². The van der Waals surface area contributed by atoms with Crippen molar-refractivity contribution in [1.82, 2.24) is 19.1 Å². The van der Waals surface area contributed by atoms with E-state index in [-0.39, 0.29) is 36.4 Å². The fraction of sp³-hybridized carbons (Fsp3) is 0.217. The number of amidine groups is 1. The Morgan fingerprint density at radius 1 is 1.21 bits per heavy atom. The number of benzene rings is 2. The number of sulfonamides is 1. The lowest BCUT2D eigenvalue weighted by molar-refractivity contribution is -0.134. The van der Waals surface area contributed by atoms with E-state index in [9.17, 15) is 13.2 Å². The maximum Gasteiger partial charge on any atom is 0.259 e. The summed E-state index contributed by atoms with van der Waals surface area (Å²) in [7, 11) is -2.22. The Bertz CT molecular complexity index is 1380. The van der Waals surface area contributed by atoms with Crippen LogP contribution in [0.25, 0.3) is 10.9 Å². The van der Waals surface area contributed by atoms with Crippen LogP contribution in [0.1, 0.15) is 11.1 Å². The zero-order chi connectivity index (χ0) is 23.8. The first kappa shape index (κ1) is 22.9. The number of hydrogen-bond acceptors (Lipinski definition) is 4. The van der Waals surface area contributed by atoms with E-state index in [0.717, 1.165) is 5.56 Å². The van der Waals surface area contributed by atoms with Crippen LogP contribution in [0.15, 0.2) is 53.6 Å². The van der Waals surface area contributed by atoms with Crippen molar-refractivity contribution in [2.45, 2.75) is 11.6 Å². The molecule has 2 heterocycles. The molecule has 0 atom stereocenters. The van der Waals surface area contributed by atoms with E-state index in [1.165, 1.54) is 15.3 Å². The molecule has 1 saturated heterocycles. The van der Waals surface area contributed by atoms with Gasteiger partial charge in [0.15, 0.2) is 0 Å². The van der Waals surface area contributed by atoms with Crippen LogP contribution in [-0.4, -0.2) is 65.9 Å². The molecule has 1 aromatic heterocycles. The first-order valence-corrected chi connectivity index (χ1v) is 11.9.